The average molecular weight is 503 g/mol. The number of ether oxygens (including phenoxy) is 1. The topological polar surface area (TPSA) is 73.8 Å². The van der Waals surface area contributed by atoms with Crippen molar-refractivity contribution in [3.05, 3.63) is 108 Å². The summed E-state index contributed by atoms with van der Waals surface area (Å²) in [6, 6.07) is 29.9. The van der Waals surface area contributed by atoms with Gasteiger partial charge in [-0.15, -0.1) is 0 Å². The lowest BCUT2D eigenvalue weighted by atomic mass is 10.1. The molecule has 0 aliphatic carbocycles. The number of para-hydroxylation sites is 2. The van der Waals surface area contributed by atoms with Gasteiger partial charge in [-0.2, -0.15) is 0 Å². The monoisotopic (exact) mass is 502 g/mol. The predicted molar refractivity (Wildman–Crippen MR) is 158 cm³/mol. The van der Waals surface area contributed by atoms with Gasteiger partial charge in [-0.3, -0.25) is 0 Å². The van der Waals surface area contributed by atoms with Crippen LogP contribution in [-0.2, 0) is 13.1 Å². The van der Waals surface area contributed by atoms with E-state index in [0.29, 0.717) is 24.6 Å². The molecule has 4 aromatic rings. The van der Waals surface area contributed by atoms with Gasteiger partial charge in [0.25, 0.3) is 0 Å². The Morgan fingerprint density at radius 2 is 0.865 bits per heavy atom. The molecule has 0 atom stereocenters. The number of aromatic hydroxyl groups is 2. The normalized spacial score (nSPS) is 9.24. The molecular formula is C32H42N2O3. The quantitative estimate of drug-likeness (QED) is 0.193. The first kappa shape index (κ1) is 30.9. The van der Waals surface area contributed by atoms with Crippen molar-refractivity contribution in [3.8, 4) is 23.0 Å². The Bertz CT molecular complexity index is 1040. The molecule has 0 saturated carbocycles. The zero-order valence-corrected chi connectivity index (χ0v) is 23.0. The van der Waals surface area contributed by atoms with Crippen molar-refractivity contribution >= 4 is 11.4 Å². The fraction of sp³-hybridized carbons (Fsp3) is 0.250. The van der Waals surface area contributed by atoms with E-state index < -0.39 is 0 Å². The Morgan fingerprint density at radius 3 is 1.22 bits per heavy atom. The van der Waals surface area contributed by atoms with Gasteiger partial charge in [-0.1, -0.05) is 77.9 Å². The van der Waals surface area contributed by atoms with Gasteiger partial charge in [0.05, 0.1) is 0 Å². The smallest absolute Gasteiger partial charge is 0.128 e. The third-order valence-corrected chi connectivity index (χ3v) is 4.85. The van der Waals surface area contributed by atoms with E-state index in [4.69, 9.17) is 4.74 Å². The second kappa shape index (κ2) is 18.2. The van der Waals surface area contributed by atoms with Crippen LogP contribution in [0.4, 0.5) is 11.4 Å². The van der Waals surface area contributed by atoms with Crippen LogP contribution >= 0.6 is 0 Å². The first-order chi connectivity index (χ1) is 18.2. The van der Waals surface area contributed by atoms with Crippen LogP contribution in [0, 0.1) is 0 Å². The second-order valence-corrected chi connectivity index (χ2v) is 7.12. The molecule has 0 aliphatic rings. The molecule has 0 radical (unpaired) electrons. The van der Waals surface area contributed by atoms with E-state index >= 15 is 0 Å². The molecule has 198 valence electrons. The van der Waals surface area contributed by atoms with Crippen molar-refractivity contribution < 1.29 is 14.9 Å². The molecule has 0 unspecified atom stereocenters. The van der Waals surface area contributed by atoms with Crippen LogP contribution in [0.25, 0.3) is 0 Å². The molecule has 0 amide bonds. The molecule has 0 bridgehead atoms. The lowest BCUT2D eigenvalue weighted by Gasteiger charge is -2.13. The summed E-state index contributed by atoms with van der Waals surface area (Å²) in [5.74, 6) is 1.62. The molecule has 0 heterocycles. The molecule has 0 fully saturated rings. The minimum atomic E-state index is 0.203. The SMILES string of the molecule is CC.CC.CC.Oc1ccc(Oc2ccc(O)c(CNc3ccccc3)c2)cc1CNc1ccccc1. The molecule has 5 nitrogen and oxygen atoms in total. The van der Waals surface area contributed by atoms with E-state index in [-0.39, 0.29) is 11.5 Å². The van der Waals surface area contributed by atoms with Crippen molar-refractivity contribution in [1.82, 2.24) is 0 Å². The van der Waals surface area contributed by atoms with Crippen LogP contribution in [0.5, 0.6) is 23.0 Å². The molecule has 37 heavy (non-hydrogen) atoms. The molecule has 4 aromatic carbocycles. The maximum atomic E-state index is 10.2. The van der Waals surface area contributed by atoms with E-state index in [1.54, 1.807) is 36.4 Å². The van der Waals surface area contributed by atoms with E-state index in [1.807, 2.05) is 102 Å². The fourth-order valence-electron chi connectivity index (χ4n) is 3.18. The van der Waals surface area contributed by atoms with Gasteiger partial charge in [0.15, 0.2) is 0 Å². The molecular weight excluding hydrogens is 460 g/mol. The summed E-state index contributed by atoms with van der Waals surface area (Å²) < 4.78 is 6.00. The standard InChI is InChI=1S/C26H24N2O3.3C2H6/c29-25-13-11-23(15-19(25)17-27-21-7-3-1-4-8-21)31-24-12-14-26(30)20(16-24)18-28-22-9-5-2-6-10-22;3*1-2/h1-16,27-30H,17-18H2;3*1-2H3. The number of benzene rings is 4. The highest BCUT2D eigenvalue weighted by Crippen LogP contribution is 2.30. The van der Waals surface area contributed by atoms with Gasteiger partial charge in [-0.05, 0) is 60.7 Å². The average Bonchev–Trinajstić information content (AvgIpc) is 2.98. The van der Waals surface area contributed by atoms with Gasteiger partial charge in [0.2, 0.25) is 0 Å². The van der Waals surface area contributed by atoms with Gasteiger partial charge < -0.3 is 25.6 Å². The largest absolute Gasteiger partial charge is 0.508 e. The van der Waals surface area contributed by atoms with Crippen molar-refractivity contribution in [2.45, 2.75) is 54.6 Å². The lowest BCUT2D eigenvalue weighted by molar-refractivity contribution is 0.453. The Morgan fingerprint density at radius 1 is 0.514 bits per heavy atom. The highest BCUT2D eigenvalue weighted by Gasteiger charge is 2.08. The number of hydrogen-bond acceptors (Lipinski definition) is 5. The van der Waals surface area contributed by atoms with Gasteiger partial charge >= 0.3 is 0 Å². The highest BCUT2D eigenvalue weighted by atomic mass is 16.5. The van der Waals surface area contributed by atoms with Crippen molar-refractivity contribution in [1.29, 1.82) is 0 Å². The number of anilines is 2. The minimum absolute atomic E-state index is 0.203. The van der Waals surface area contributed by atoms with E-state index in [2.05, 4.69) is 10.6 Å². The number of rotatable bonds is 8. The molecule has 0 saturated heterocycles. The van der Waals surface area contributed by atoms with E-state index in [0.717, 1.165) is 22.5 Å². The molecule has 5 heteroatoms. The summed E-state index contributed by atoms with van der Waals surface area (Å²) in [6.07, 6.45) is 0. The number of nitrogens with one attached hydrogen (secondary N) is 2. The summed E-state index contributed by atoms with van der Waals surface area (Å²) in [5.41, 5.74) is 3.40. The Hall–Kier alpha value is -4.12. The Kier molecular flexibility index (Phi) is 15.2. The Balaban J connectivity index is 0.00000106. The van der Waals surface area contributed by atoms with E-state index in [1.165, 1.54) is 0 Å². The van der Waals surface area contributed by atoms with Crippen LogP contribution in [0.1, 0.15) is 52.7 Å². The van der Waals surface area contributed by atoms with Crippen LogP contribution in [0.15, 0.2) is 97.1 Å². The lowest BCUT2D eigenvalue weighted by Crippen LogP contribution is -2.01. The van der Waals surface area contributed by atoms with Gasteiger partial charge in [0.1, 0.15) is 23.0 Å². The third kappa shape index (κ3) is 10.6. The van der Waals surface area contributed by atoms with Crippen LogP contribution < -0.4 is 15.4 Å². The maximum Gasteiger partial charge on any atom is 0.128 e. The maximum absolute atomic E-state index is 10.2. The number of phenolic OH excluding ortho intramolecular Hbond substituents is 2. The number of hydrogen-bond donors (Lipinski definition) is 4. The molecule has 0 aromatic heterocycles. The zero-order chi connectivity index (χ0) is 27.5. The Labute approximate surface area is 222 Å². The molecule has 4 rings (SSSR count). The number of phenols is 2. The minimum Gasteiger partial charge on any atom is -0.508 e. The van der Waals surface area contributed by atoms with Crippen LogP contribution in [-0.4, -0.2) is 10.2 Å². The molecule has 0 spiro atoms. The molecule has 0 aliphatic heterocycles. The zero-order valence-electron chi connectivity index (χ0n) is 23.0. The van der Waals surface area contributed by atoms with Crippen molar-refractivity contribution in [2.24, 2.45) is 0 Å². The van der Waals surface area contributed by atoms with Gasteiger partial charge in [0, 0.05) is 35.6 Å². The second-order valence-electron chi connectivity index (χ2n) is 7.12. The summed E-state index contributed by atoms with van der Waals surface area (Å²) in [5, 5.41) is 27.0. The summed E-state index contributed by atoms with van der Waals surface area (Å²) in [4.78, 5) is 0. The summed E-state index contributed by atoms with van der Waals surface area (Å²) >= 11 is 0. The first-order valence-corrected chi connectivity index (χ1v) is 13.1. The van der Waals surface area contributed by atoms with Crippen molar-refractivity contribution in [2.75, 3.05) is 10.6 Å². The van der Waals surface area contributed by atoms with Crippen LogP contribution in [0.3, 0.4) is 0 Å². The van der Waals surface area contributed by atoms with Crippen LogP contribution in [0.2, 0.25) is 0 Å². The molecule has 4 N–H and O–H groups in total. The third-order valence-electron chi connectivity index (χ3n) is 4.85. The van der Waals surface area contributed by atoms with Crippen molar-refractivity contribution in [3.63, 3.8) is 0 Å². The fourth-order valence-corrected chi connectivity index (χ4v) is 3.18. The first-order valence-electron chi connectivity index (χ1n) is 13.1. The summed E-state index contributed by atoms with van der Waals surface area (Å²) in [6.45, 7) is 12.9. The highest BCUT2D eigenvalue weighted by molar-refractivity contribution is 5.49. The van der Waals surface area contributed by atoms with Gasteiger partial charge in [-0.25, -0.2) is 0 Å². The predicted octanol–water partition coefficient (Wildman–Crippen LogP) is 9.19. The summed E-state index contributed by atoms with van der Waals surface area (Å²) in [7, 11) is 0. The van der Waals surface area contributed by atoms with E-state index in [9.17, 15) is 10.2 Å².